The van der Waals surface area contributed by atoms with Crippen molar-refractivity contribution in [3.05, 3.63) is 53.6 Å². The van der Waals surface area contributed by atoms with Crippen LogP contribution in [0.2, 0.25) is 5.02 Å². The average molecular weight is 275 g/mol. The van der Waals surface area contributed by atoms with Crippen molar-refractivity contribution in [1.82, 2.24) is 0 Å². The van der Waals surface area contributed by atoms with Crippen molar-refractivity contribution in [2.24, 2.45) is 4.99 Å². The van der Waals surface area contributed by atoms with Crippen molar-refractivity contribution in [3.63, 3.8) is 0 Å². The van der Waals surface area contributed by atoms with Crippen LogP contribution in [0.15, 0.2) is 53.5 Å². The van der Waals surface area contributed by atoms with Crippen LogP contribution in [0.3, 0.4) is 0 Å². The molecule has 0 aliphatic rings. The van der Waals surface area contributed by atoms with Gasteiger partial charge in [-0.25, -0.2) is 4.99 Å². The molecule has 19 heavy (non-hydrogen) atoms. The maximum absolute atomic E-state index is 5.83. The summed E-state index contributed by atoms with van der Waals surface area (Å²) in [7, 11) is 1.65. The largest absolute Gasteiger partial charge is 0.497 e. The van der Waals surface area contributed by atoms with Crippen LogP contribution in [0.5, 0.6) is 5.75 Å². The zero-order valence-electron chi connectivity index (χ0n) is 10.9. The summed E-state index contributed by atoms with van der Waals surface area (Å²) < 4.78 is 5.11. The first-order chi connectivity index (χ1) is 9.17. The lowest BCUT2D eigenvalue weighted by atomic mass is 10.3. The monoisotopic (exact) mass is 274 g/mol. The van der Waals surface area contributed by atoms with Crippen LogP contribution < -0.4 is 10.1 Å². The molecule has 3 nitrogen and oxygen atoms in total. The predicted molar refractivity (Wildman–Crippen MR) is 80.8 cm³/mol. The maximum atomic E-state index is 5.83. The Morgan fingerprint density at radius 3 is 2.26 bits per heavy atom. The number of ether oxygens (including phenoxy) is 1. The first kappa shape index (κ1) is 13.4. The summed E-state index contributed by atoms with van der Waals surface area (Å²) in [6.45, 7) is 1.92. The third-order valence-corrected chi connectivity index (χ3v) is 2.79. The summed E-state index contributed by atoms with van der Waals surface area (Å²) in [5.41, 5.74) is 1.83. The third-order valence-electron chi connectivity index (χ3n) is 2.54. The molecule has 4 heteroatoms. The maximum Gasteiger partial charge on any atom is 0.119 e. The highest BCUT2D eigenvalue weighted by Crippen LogP contribution is 2.18. The van der Waals surface area contributed by atoms with Gasteiger partial charge in [-0.3, -0.25) is 0 Å². The lowest BCUT2D eigenvalue weighted by molar-refractivity contribution is 0.415. The van der Waals surface area contributed by atoms with Crippen molar-refractivity contribution >= 4 is 28.8 Å². The number of aliphatic imine (C=N–C) groups is 1. The smallest absolute Gasteiger partial charge is 0.119 e. The van der Waals surface area contributed by atoms with Gasteiger partial charge in [-0.1, -0.05) is 11.6 Å². The molecular formula is C15H15ClN2O. The van der Waals surface area contributed by atoms with Crippen LogP contribution >= 0.6 is 11.6 Å². The molecule has 0 atom stereocenters. The number of benzene rings is 2. The van der Waals surface area contributed by atoms with Crippen LogP contribution in [0, 0.1) is 0 Å². The molecule has 0 heterocycles. The van der Waals surface area contributed by atoms with Crippen LogP contribution in [0.1, 0.15) is 6.92 Å². The quantitative estimate of drug-likeness (QED) is 0.660. The molecular weight excluding hydrogens is 260 g/mol. The van der Waals surface area contributed by atoms with Crippen molar-refractivity contribution in [2.45, 2.75) is 6.92 Å². The highest BCUT2D eigenvalue weighted by Gasteiger charge is 1.96. The van der Waals surface area contributed by atoms with E-state index in [9.17, 15) is 0 Å². The topological polar surface area (TPSA) is 33.6 Å². The molecule has 1 N–H and O–H groups in total. The standard InChI is InChI=1S/C15H15ClN2O/c1-11(17-13-5-3-12(16)4-6-13)18-14-7-9-15(19-2)10-8-14/h3-10H,1-2H3,(H,17,18). The Kier molecular flexibility index (Phi) is 4.42. The van der Waals surface area contributed by atoms with Crippen LogP contribution in [-0.4, -0.2) is 12.9 Å². The normalized spacial score (nSPS) is 11.2. The molecule has 0 spiro atoms. The van der Waals surface area contributed by atoms with Gasteiger partial charge in [0.2, 0.25) is 0 Å². The minimum atomic E-state index is 0.708. The van der Waals surface area contributed by atoms with Crippen molar-refractivity contribution in [3.8, 4) is 5.75 Å². The number of halogens is 1. The SMILES string of the molecule is COc1ccc(NC(C)=Nc2ccc(Cl)cc2)cc1. The Labute approximate surface area is 117 Å². The molecule has 0 fully saturated rings. The van der Waals surface area contributed by atoms with Gasteiger partial charge >= 0.3 is 0 Å². The molecule has 0 radical (unpaired) electrons. The summed E-state index contributed by atoms with van der Waals surface area (Å²) in [6, 6.07) is 15.1. The Morgan fingerprint density at radius 1 is 1.05 bits per heavy atom. The van der Waals surface area contributed by atoms with Crippen molar-refractivity contribution in [2.75, 3.05) is 12.4 Å². The molecule has 0 amide bonds. The number of nitrogens with zero attached hydrogens (tertiary/aromatic N) is 1. The fourth-order valence-corrected chi connectivity index (χ4v) is 1.75. The van der Waals surface area contributed by atoms with E-state index in [1.807, 2.05) is 55.5 Å². The zero-order valence-corrected chi connectivity index (χ0v) is 11.6. The zero-order chi connectivity index (χ0) is 13.7. The molecule has 0 aliphatic carbocycles. The number of anilines is 1. The van der Waals surface area contributed by atoms with Gasteiger partial charge in [-0.05, 0) is 55.5 Å². The van der Waals surface area contributed by atoms with Gasteiger partial charge in [0.05, 0.1) is 12.8 Å². The minimum Gasteiger partial charge on any atom is -0.497 e. The van der Waals surface area contributed by atoms with E-state index in [1.54, 1.807) is 7.11 Å². The highest BCUT2D eigenvalue weighted by atomic mass is 35.5. The molecule has 2 aromatic carbocycles. The van der Waals surface area contributed by atoms with Gasteiger partial charge in [0.1, 0.15) is 11.6 Å². The molecule has 2 aromatic rings. The fraction of sp³-hybridized carbons (Fsp3) is 0.133. The van der Waals surface area contributed by atoms with Gasteiger partial charge in [0.25, 0.3) is 0 Å². The molecule has 0 bridgehead atoms. The number of hydrogen-bond acceptors (Lipinski definition) is 2. The number of rotatable bonds is 3. The van der Waals surface area contributed by atoms with E-state index >= 15 is 0 Å². The highest BCUT2D eigenvalue weighted by molar-refractivity contribution is 6.30. The second-order valence-electron chi connectivity index (χ2n) is 4.03. The third kappa shape index (κ3) is 4.00. The summed E-state index contributed by atoms with van der Waals surface area (Å²) in [4.78, 5) is 4.45. The second kappa shape index (κ2) is 6.25. The fourth-order valence-electron chi connectivity index (χ4n) is 1.62. The average Bonchev–Trinajstić information content (AvgIpc) is 2.42. The Hall–Kier alpha value is -2.00. The van der Waals surface area contributed by atoms with Crippen LogP contribution in [-0.2, 0) is 0 Å². The first-order valence-electron chi connectivity index (χ1n) is 5.89. The van der Waals surface area contributed by atoms with E-state index in [0.717, 1.165) is 23.0 Å². The molecule has 2 rings (SSSR count). The Bertz CT molecular complexity index is 562. The van der Waals surface area contributed by atoms with E-state index < -0.39 is 0 Å². The summed E-state index contributed by atoms with van der Waals surface area (Å²) in [5.74, 6) is 1.64. The number of amidine groups is 1. The van der Waals surface area contributed by atoms with Gasteiger partial charge < -0.3 is 10.1 Å². The van der Waals surface area contributed by atoms with E-state index in [4.69, 9.17) is 16.3 Å². The molecule has 0 unspecified atom stereocenters. The molecule has 0 saturated carbocycles. The number of nitrogens with one attached hydrogen (secondary N) is 1. The van der Waals surface area contributed by atoms with Crippen LogP contribution in [0.25, 0.3) is 0 Å². The Balaban J connectivity index is 2.06. The summed E-state index contributed by atoms with van der Waals surface area (Å²) in [6.07, 6.45) is 0. The molecule has 0 aliphatic heterocycles. The van der Waals surface area contributed by atoms with Gasteiger partial charge in [-0.15, -0.1) is 0 Å². The lowest BCUT2D eigenvalue weighted by Crippen LogP contribution is -2.06. The second-order valence-corrected chi connectivity index (χ2v) is 4.46. The molecule has 0 saturated heterocycles. The first-order valence-corrected chi connectivity index (χ1v) is 6.27. The predicted octanol–water partition coefficient (Wildman–Crippen LogP) is 4.51. The Morgan fingerprint density at radius 2 is 1.68 bits per heavy atom. The molecule has 0 aromatic heterocycles. The van der Waals surface area contributed by atoms with Gasteiger partial charge in [0.15, 0.2) is 0 Å². The van der Waals surface area contributed by atoms with Gasteiger partial charge in [0, 0.05) is 10.7 Å². The van der Waals surface area contributed by atoms with E-state index in [0.29, 0.717) is 5.02 Å². The number of methoxy groups -OCH3 is 1. The van der Waals surface area contributed by atoms with Crippen molar-refractivity contribution in [1.29, 1.82) is 0 Å². The summed E-state index contributed by atoms with van der Waals surface area (Å²) in [5, 5.41) is 3.93. The van der Waals surface area contributed by atoms with E-state index in [-0.39, 0.29) is 0 Å². The number of hydrogen-bond donors (Lipinski definition) is 1. The van der Waals surface area contributed by atoms with Crippen molar-refractivity contribution < 1.29 is 4.74 Å². The van der Waals surface area contributed by atoms with E-state index in [1.165, 1.54) is 0 Å². The van der Waals surface area contributed by atoms with Crippen LogP contribution in [0.4, 0.5) is 11.4 Å². The lowest BCUT2D eigenvalue weighted by Gasteiger charge is -2.07. The van der Waals surface area contributed by atoms with Gasteiger partial charge in [-0.2, -0.15) is 0 Å². The van der Waals surface area contributed by atoms with E-state index in [2.05, 4.69) is 10.3 Å². The summed E-state index contributed by atoms with van der Waals surface area (Å²) >= 11 is 5.83. The molecule has 98 valence electrons. The minimum absolute atomic E-state index is 0.708.